The number of halogens is 1. The molecular weight excluding hydrogens is 348 g/mol. The summed E-state index contributed by atoms with van der Waals surface area (Å²) < 4.78 is 5.89. The van der Waals surface area contributed by atoms with E-state index in [1.165, 1.54) is 19.3 Å². The second-order valence-corrected chi connectivity index (χ2v) is 8.38. The Morgan fingerprint density at radius 1 is 1.19 bits per heavy atom. The van der Waals surface area contributed by atoms with Crippen LogP contribution in [0.15, 0.2) is 12.3 Å². The number of aliphatic hydroxyl groups excluding tert-OH is 1. The van der Waals surface area contributed by atoms with Gasteiger partial charge in [0.25, 0.3) is 0 Å². The maximum Gasteiger partial charge on any atom is 0.131 e. The highest BCUT2D eigenvalue weighted by atomic mass is 35.5. The van der Waals surface area contributed by atoms with Gasteiger partial charge < -0.3 is 15.2 Å². The average molecular weight is 375 g/mol. The first-order chi connectivity index (χ1) is 12.7. The number of aliphatic hydroxyl groups is 1. The molecule has 3 atom stereocenters. The second-order valence-electron chi connectivity index (χ2n) is 7.99. The normalized spacial score (nSPS) is 32.9. The Hall–Kier alpha value is -1.28. The van der Waals surface area contributed by atoms with Crippen molar-refractivity contribution in [2.45, 2.75) is 57.2 Å². The minimum absolute atomic E-state index is 0.325. The Morgan fingerprint density at radius 3 is 2.69 bits per heavy atom. The number of rotatable bonds is 4. The molecule has 0 radical (unpaired) electrons. The fraction of sp³-hybridized carbons (Fsp3) is 0.667. The smallest absolute Gasteiger partial charge is 0.131 e. The zero-order valence-electron chi connectivity index (χ0n) is 15.1. The number of aromatic nitrogens is 1. The molecule has 5 heteroatoms. The monoisotopic (exact) mass is 374 g/mol. The van der Waals surface area contributed by atoms with Crippen molar-refractivity contribution in [3.05, 3.63) is 23.0 Å². The van der Waals surface area contributed by atoms with Crippen molar-refractivity contribution in [1.82, 2.24) is 4.98 Å². The van der Waals surface area contributed by atoms with E-state index in [2.05, 4.69) is 22.1 Å². The van der Waals surface area contributed by atoms with Crippen LogP contribution in [0.2, 0.25) is 5.15 Å². The van der Waals surface area contributed by atoms with E-state index in [0.29, 0.717) is 41.7 Å². The van der Waals surface area contributed by atoms with Crippen molar-refractivity contribution >= 4 is 17.3 Å². The number of ether oxygens (including phenoxy) is 1. The largest absolute Gasteiger partial charge is 0.396 e. The molecule has 1 saturated carbocycles. The zero-order valence-corrected chi connectivity index (χ0v) is 15.8. The number of hydrogen-bond acceptors (Lipinski definition) is 4. The molecule has 26 heavy (non-hydrogen) atoms. The highest BCUT2D eigenvalue weighted by molar-refractivity contribution is 6.29. The van der Waals surface area contributed by atoms with E-state index in [1.54, 1.807) is 6.20 Å². The molecule has 3 aliphatic rings. The molecule has 4 rings (SSSR count). The first-order valence-electron chi connectivity index (χ1n) is 9.88. The summed E-state index contributed by atoms with van der Waals surface area (Å²) in [6.07, 6.45) is 10.5. The molecule has 0 spiro atoms. The number of nitrogens with zero attached hydrogens (tertiary/aromatic N) is 1. The van der Waals surface area contributed by atoms with Crippen molar-refractivity contribution in [2.24, 2.45) is 17.8 Å². The topological polar surface area (TPSA) is 54.4 Å². The number of pyridine rings is 1. The van der Waals surface area contributed by atoms with E-state index in [0.717, 1.165) is 43.5 Å². The molecular formula is C21H27ClN2O2. The van der Waals surface area contributed by atoms with E-state index in [4.69, 9.17) is 16.3 Å². The lowest BCUT2D eigenvalue weighted by Gasteiger charge is -2.27. The van der Waals surface area contributed by atoms with Gasteiger partial charge in [0, 0.05) is 25.3 Å². The Kier molecular flexibility index (Phi) is 5.69. The van der Waals surface area contributed by atoms with E-state index in [9.17, 15) is 5.11 Å². The summed E-state index contributed by atoms with van der Waals surface area (Å²) in [6, 6.07) is 1.88. The third-order valence-electron chi connectivity index (χ3n) is 6.17. The van der Waals surface area contributed by atoms with Crippen molar-refractivity contribution in [3.63, 3.8) is 0 Å². The van der Waals surface area contributed by atoms with Crippen LogP contribution in [0.4, 0.5) is 5.69 Å². The lowest BCUT2D eigenvalue weighted by molar-refractivity contribution is 0.0987. The number of anilines is 1. The highest BCUT2D eigenvalue weighted by Gasteiger charge is 2.39. The minimum Gasteiger partial charge on any atom is -0.396 e. The molecule has 2 aliphatic heterocycles. The molecule has 0 aromatic carbocycles. The standard InChI is InChI=1S/C21H27ClN2O2/c22-21-10-19(23-11-14-1-3-15(13-25)4-2-14)17(12-24-21)6-5-16-9-18-7-8-20(16)26-18/h10,12,14-16,18,20,25H,1-4,7-9,11,13H2,(H,23,24). The van der Waals surface area contributed by atoms with Gasteiger partial charge in [-0.05, 0) is 62.8 Å². The van der Waals surface area contributed by atoms with E-state index >= 15 is 0 Å². The van der Waals surface area contributed by atoms with Crippen LogP contribution < -0.4 is 5.32 Å². The third kappa shape index (κ3) is 4.17. The maximum atomic E-state index is 9.28. The average Bonchev–Trinajstić information content (AvgIpc) is 3.29. The molecule has 140 valence electrons. The van der Waals surface area contributed by atoms with Crippen molar-refractivity contribution in [3.8, 4) is 11.8 Å². The predicted molar refractivity (Wildman–Crippen MR) is 103 cm³/mol. The molecule has 0 amide bonds. The first kappa shape index (κ1) is 18.1. The van der Waals surface area contributed by atoms with Crippen LogP contribution in [0.5, 0.6) is 0 Å². The van der Waals surface area contributed by atoms with Crippen molar-refractivity contribution in [1.29, 1.82) is 0 Å². The van der Waals surface area contributed by atoms with Crippen LogP contribution >= 0.6 is 11.6 Å². The predicted octanol–water partition coefficient (Wildman–Crippen LogP) is 3.86. The molecule has 3 unspecified atom stereocenters. The van der Waals surface area contributed by atoms with Crippen molar-refractivity contribution in [2.75, 3.05) is 18.5 Å². The van der Waals surface area contributed by atoms with Gasteiger partial charge in [0.1, 0.15) is 5.15 Å². The van der Waals surface area contributed by atoms with Gasteiger partial charge in [0.15, 0.2) is 0 Å². The van der Waals surface area contributed by atoms with Crippen LogP contribution in [-0.2, 0) is 4.74 Å². The van der Waals surface area contributed by atoms with E-state index in [1.807, 2.05) is 6.07 Å². The van der Waals surface area contributed by atoms with E-state index < -0.39 is 0 Å². The van der Waals surface area contributed by atoms with Gasteiger partial charge in [-0.25, -0.2) is 4.98 Å². The van der Waals surface area contributed by atoms with Crippen LogP contribution in [0.1, 0.15) is 50.5 Å². The van der Waals surface area contributed by atoms with Gasteiger partial charge in [0.2, 0.25) is 0 Å². The lowest BCUT2D eigenvalue weighted by Crippen LogP contribution is -2.23. The lowest BCUT2D eigenvalue weighted by atomic mass is 9.82. The highest BCUT2D eigenvalue weighted by Crippen LogP contribution is 2.38. The summed E-state index contributed by atoms with van der Waals surface area (Å²) in [4.78, 5) is 4.21. The van der Waals surface area contributed by atoms with Gasteiger partial charge >= 0.3 is 0 Å². The number of nitrogens with one attached hydrogen (secondary N) is 1. The van der Waals surface area contributed by atoms with Crippen molar-refractivity contribution < 1.29 is 9.84 Å². The van der Waals surface area contributed by atoms with Gasteiger partial charge in [-0.3, -0.25) is 0 Å². The molecule has 1 aliphatic carbocycles. The summed E-state index contributed by atoms with van der Waals surface area (Å²) in [5.74, 6) is 8.23. The van der Waals surface area contributed by atoms with Gasteiger partial charge in [0.05, 0.1) is 23.5 Å². The molecule has 4 nitrogen and oxygen atoms in total. The molecule has 2 bridgehead atoms. The summed E-state index contributed by atoms with van der Waals surface area (Å²) >= 11 is 6.11. The molecule has 2 saturated heterocycles. The van der Waals surface area contributed by atoms with Crippen LogP contribution in [0, 0.1) is 29.6 Å². The summed E-state index contributed by atoms with van der Waals surface area (Å²) in [5, 5.41) is 13.3. The zero-order chi connectivity index (χ0) is 17.9. The van der Waals surface area contributed by atoms with Gasteiger partial charge in [-0.15, -0.1) is 0 Å². The Balaban J connectivity index is 1.39. The fourth-order valence-electron chi connectivity index (χ4n) is 4.51. The van der Waals surface area contributed by atoms with Crippen LogP contribution in [-0.4, -0.2) is 35.5 Å². The first-order valence-corrected chi connectivity index (χ1v) is 10.3. The third-order valence-corrected chi connectivity index (χ3v) is 6.38. The second kappa shape index (κ2) is 8.17. The summed E-state index contributed by atoms with van der Waals surface area (Å²) in [6.45, 7) is 1.25. The number of hydrogen-bond donors (Lipinski definition) is 2. The van der Waals surface area contributed by atoms with Gasteiger partial charge in [-0.2, -0.15) is 0 Å². The summed E-state index contributed by atoms with van der Waals surface area (Å²) in [5.41, 5.74) is 1.90. The van der Waals surface area contributed by atoms with Crippen LogP contribution in [0.3, 0.4) is 0 Å². The number of fused-ring (bicyclic) bond motifs is 2. The Labute approximate surface area is 160 Å². The molecule has 1 aromatic rings. The minimum atomic E-state index is 0.325. The summed E-state index contributed by atoms with van der Waals surface area (Å²) in [7, 11) is 0. The molecule has 2 N–H and O–H groups in total. The SMILES string of the molecule is OCC1CCC(CNc2cc(Cl)ncc2C#CC2CC3CCC2O3)CC1. The molecule has 3 heterocycles. The maximum absolute atomic E-state index is 9.28. The van der Waals surface area contributed by atoms with Crippen LogP contribution in [0.25, 0.3) is 0 Å². The fourth-order valence-corrected chi connectivity index (χ4v) is 4.67. The van der Waals surface area contributed by atoms with E-state index in [-0.39, 0.29) is 0 Å². The Morgan fingerprint density at radius 2 is 2.00 bits per heavy atom. The molecule has 3 fully saturated rings. The quantitative estimate of drug-likeness (QED) is 0.620. The van der Waals surface area contributed by atoms with Gasteiger partial charge in [-0.1, -0.05) is 23.4 Å². The Bertz CT molecular complexity index is 691. The molecule has 1 aromatic heterocycles.